The van der Waals surface area contributed by atoms with E-state index in [1.54, 1.807) is 29.6 Å². The number of rotatable bonds is 5. The van der Waals surface area contributed by atoms with Crippen LogP contribution >= 0.6 is 23.5 Å². The van der Waals surface area contributed by atoms with E-state index < -0.39 is 0 Å². The Morgan fingerprint density at radius 3 is 2.37 bits per heavy atom. The lowest BCUT2D eigenvalue weighted by molar-refractivity contribution is 0.602. The van der Waals surface area contributed by atoms with Gasteiger partial charge in [-0.3, -0.25) is 0 Å². The van der Waals surface area contributed by atoms with Gasteiger partial charge in [-0.1, -0.05) is 12.1 Å². The fourth-order valence-corrected chi connectivity index (χ4v) is 3.64. The molecule has 0 aliphatic carbocycles. The maximum atomic E-state index is 13.4. The van der Waals surface area contributed by atoms with E-state index >= 15 is 0 Å². The molecule has 2 aromatic carbocycles. The molecule has 1 nitrogen and oxygen atoms in total. The van der Waals surface area contributed by atoms with Crippen molar-refractivity contribution < 1.29 is 4.39 Å². The van der Waals surface area contributed by atoms with Crippen molar-refractivity contribution in [1.82, 2.24) is 0 Å². The summed E-state index contributed by atoms with van der Waals surface area (Å²) in [6.07, 6.45) is 0. The molecule has 0 aromatic heterocycles. The Labute approximate surface area is 121 Å². The first-order valence-electron chi connectivity index (χ1n) is 6.03. The van der Waals surface area contributed by atoms with Crippen LogP contribution in [0.25, 0.3) is 0 Å². The highest BCUT2D eigenvalue weighted by Crippen LogP contribution is 2.27. The first kappa shape index (κ1) is 14.3. The fraction of sp³-hybridized carbons (Fsp3) is 0.200. The van der Waals surface area contributed by atoms with Crippen molar-refractivity contribution >= 4 is 29.2 Å². The van der Waals surface area contributed by atoms with Crippen LogP contribution in [0.2, 0.25) is 0 Å². The van der Waals surface area contributed by atoms with Gasteiger partial charge >= 0.3 is 0 Å². The van der Waals surface area contributed by atoms with Crippen LogP contribution in [0.5, 0.6) is 0 Å². The van der Waals surface area contributed by atoms with E-state index in [9.17, 15) is 4.39 Å². The summed E-state index contributed by atoms with van der Waals surface area (Å²) in [4.78, 5) is 1.96. The summed E-state index contributed by atoms with van der Waals surface area (Å²) in [5.41, 5.74) is 7.71. The minimum Gasteiger partial charge on any atom is -0.399 e. The molecule has 4 heteroatoms. The number of aryl methyl sites for hydroxylation is 1. The van der Waals surface area contributed by atoms with E-state index in [0.29, 0.717) is 0 Å². The average molecular weight is 293 g/mol. The normalized spacial score (nSPS) is 10.6. The zero-order chi connectivity index (χ0) is 13.7. The van der Waals surface area contributed by atoms with E-state index in [2.05, 4.69) is 6.92 Å². The maximum absolute atomic E-state index is 13.4. The van der Waals surface area contributed by atoms with Crippen molar-refractivity contribution in [2.24, 2.45) is 0 Å². The van der Waals surface area contributed by atoms with E-state index in [0.717, 1.165) is 22.1 Å². The van der Waals surface area contributed by atoms with Gasteiger partial charge in [0.05, 0.1) is 0 Å². The summed E-state index contributed by atoms with van der Waals surface area (Å²) < 4.78 is 13.4. The van der Waals surface area contributed by atoms with Gasteiger partial charge in [0.1, 0.15) is 5.82 Å². The second-order valence-corrected chi connectivity index (χ2v) is 6.43. The van der Waals surface area contributed by atoms with E-state index in [1.807, 2.05) is 30.3 Å². The Morgan fingerprint density at radius 2 is 1.68 bits per heavy atom. The van der Waals surface area contributed by atoms with Crippen molar-refractivity contribution in [1.29, 1.82) is 0 Å². The molecular weight excluding hydrogens is 277 g/mol. The molecule has 2 aromatic rings. The number of benzene rings is 2. The van der Waals surface area contributed by atoms with Gasteiger partial charge in [-0.05, 0) is 42.8 Å². The molecule has 0 saturated carbocycles. The quantitative estimate of drug-likeness (QED) is 0.495. The Hall–Kier alpha value is -1.13. The SMILES string of the molecule is Cc1cc(N)ccc1SCCSc1ccccc1F. The molecule has 100 valence electrons. The third-order valence-electron chi connectivity index (χ3n) is 2.63. The predicted molar refractivity (Wildman–Crippen MR) is 83.4 cm³/mol. The summed E-state index contributed by atoms with van der Waals surface area (Å²) in [5.74, 6) is 1.69. The van der Waals surface area contributed by atoms with Crippen LogP contribution in [0.15, 0.2) is 52.3 Å². The van der Waals surface area contributed by atoms with E-state index in [1.165, 1.54) is 16.5 Å². The molecule has 19 heavy (non-hydrogen) atoms. The molecule has 2 rings (SSSR count). The highest BCUT2D eigenvalue weighted by Gasteiger charge is 2.03. The second-order valence-electron chi connectivity index (χ2n) is 4.15. The molecular formula is C15H16FNS2. The highest BCUT2D eigenvalue weighted by molar-refractivity contribution is 8.03. The molecule has 0 aliphatic heterocycles. The zero-order valence-corrected chi connectivity index (χ0v) is 12.4. The number of nitrogen functional groups attached to an aromatic ring is 1. The van der Waals surface area contributed by atoms with Crippen LogP contribution in [-0.2, 0) is 0 Å². The minimum atomic E-state index is -0.138. The van der Waals surface area contributed by atoms with E-state index in [-0.39, 0.29) is 5.82 Å². The van der Waals surface area contributed by atoms with Crippen LogP contribution in [0.1, 0.15) is 5.56 Å². The lowest BCUT2D eigenvalue weighted by Crippen LogP contribution is -1.90. The van der Waals surface area contributed by atoms with Gasteiger partial charge in [0, 0.05) is 27.0 Å². The third-order valence-corrected chi connectivity index (χ3v) is 5.12. The van der Waals surface area contributed by atoms with Gasteiger partial charge in [-0.25, -0.2) is 4.39 Å². The lowest BCUT2D eigenvalue weighted by Gasteiger charge is -2.06. The van der Waals surface area contributed by atoms with Gasteiger partial charge in [0.15, 0.2) is 0 Å². The Bertz CT molecular complexity index is 558. The molecule has 0 saturated heterocycles. The number of thioether (sulfide) groups is 2. The molecule has 0 bridgehead atoms. The molecule has 0 heterocycles. The third kappa shape index (κ3) is 4.18. The van der Waals surface area contributed by atoms with Crippen LogP contribution in [0.4, 0.5) is 10.1 Å². The van der Waals surface area contributed by atoms with Crippen molar-refractivity contribution in [3.05, 3.63) is 53.8 Å². The molecule has 0 amide bonds. The first-order chi connectivity index (χ1) is 9.16. The van der Waals surface area contributed by atoms with Crippen LogP contribution in [0, 0.1) is 12.7 Å². The number of nitrogens with two attached hydrogens (primary N) is 1. The molecule has 0 spiro atoms. The van der Waals surface area contributed by atoms with Gasteiger partial charge in [0.25, 0.3) is 0 Å². The van der Waals surface area contributed by atoms with Crippen LogP contribution in [-0.4, -0.2) is 11.5 Å². The average Bonchev–Trinajstić information content (AvgIpc) is 2.38. The highest BCUT2D eigenvalue weighted by atomic mass is 32.2. The summed E-state index contributed by atoms with van der Waals surface area (Å²) in [5, 5.41) is 0. The number of halogens is 1. The van der Waals surface area contributed by atoms with Crippen molar-refractivity contribution in [3.8, 4) is 0 Å². The zero-order valence-electron chi connectivity index (χ0n) is 10.7. The predicted octanol–water partition coefficient (Wildman–Crippen LogP) is 4.60. The van der Waals surface area contributed by atoms with Crippen LogP contribution in [0.3, 0.4) is 0 Å². The van der Waals surface area contributed by atoms with Gasteiger partial charge < -0.3 is 5.73 Å². The molecule has 0 unspecified atom stereocenters. The minimum absolute atomic E-state index is 0.138. The summed E-state index contributed by atoms with van der Waals surface area (Å²) in [6, 6.07) is 12.8. The standard InChI is InChI=1S/C15H16FNS2/c1-11-10-12(17)6-7-14(11)18-8-9-19-15-5-3-2-4-13(15)16/h2-7,10H,8-9,17H2,1H3. The molecule has 2 N–H and O–H groups in total. The number of hydrogen-bond donors (Lipinski definition) is 1. The first-order valence-corrected chi connectivity index (χ1v) is 8.00. The molecule has 0 atom stereocenters. The topological polar surface area (TPSA) is 26.0 Å². The second kappa shape index (κ2) is 6.87. The molecule has 0 fully saturated rings. The van der Waals surface area contributed by atoms with Crippen molar-refractivity contribution in [2.45, 2.75) is 16.7 Å². The van der Waals surface area contributed by atoms with Crippen LogP contribution < -0.4 is 5.73 Å². The fourth-order valence-electron chi connectivity index (χ4n) is 1.70. The maximum Gasteiger partial charge on any atom is 0.136 e. The van der Waals surface area contributed by atoms with E-state index in [4.69, 9.17) is 5.73 Å². The largest absolute Gasteiger partial charge is 0.399 e. The number of anilines is 1. The van der Waals surface area contributed by atoms with Gasteiger partial charge in [-0.2, -0.15) is 0 Å². The van der Waals surface area contributed by atoms with Crippen molar-refractivity contribution in [3.63, 3.8) is 0 Å². The smallest absolute Gasteiger partial charge is 0.136 e. The van der Waals surface area contributed by atoms with Crippen molar-refractivity contribution in [2.75, 3.05) is 17.2 Å². The summed E-state index contributed by atoms with van der Waals surface area (Å²) >= 11 is 3.34. The molecule has 0 radical (unpaired) electrons. The Kier molecular flexibility index (Phi) is 5.16. The molecule has 0 aliphatic rings. The van der Waals surface area contributed by atoms with Gasteiger partial charge in [0.2, 0.25) is 0 Å². The Balaban J connectivity index is 1.83. The lowest BCUT2D eigenvalue weighted by atomic mass is 10.2. The van der Waals surface area contributed by atoms with Gasteiger partial charge in [-0.15, -0.1) is 23.5 Å². The Morgan fingerprint density at radius 1 is 1.00 bits per heavy atom. The summed E-state index contributed by atoms with van der Waals surface area (Å²) in [6.45, 7) is 2.06. The number of hydrogen-bond acceptors (Lipinski definition) is 3. The monoisotopic (exact) mass is 293 g/mol. The summed E-state index contributed by atoms with van der Waals surface area (Å²) in [7, 11) is 0.